The summed E-state index contributed by atoms with van der Waals surface area (Å²) in [5.74, 6) is 1.91. The van der Waals surface area contributed by atoms with E-state index in [1.165, 1.54) is 24.1 Å². The number of nitrogens with one attached hydrogen (secondary N) is 2. The zero-order valence-corrected chi connectivity index (χ0v) is 20.5. The number of furan rings is 1. The topological polar surface area (TPSA) is 83.3 Å². The van der Waals surface area contributed by atoms with Gasteiger partial charge in [-0.05, 0) is 83.2 Å². The maximum atomic E-state index is 12.4. The van der Waals surface area contributed by atoms with E-state index in [1.807, 2.05) is 14.1 Å². The third kappa shape index (κ3) is 4.82. The SMILES string of the molecule is CN(C)c1nc(NC2CCC(NC(=O)c3cc(Br)c(Br)o3)CC2)nc2c1CCCC2. The van der Waals surface area contributed by atoms with Crippen LogP contribution in [0.15, 0.2) is 19.6 Å². The smallest absolute Gasteiger partial charge is 0.287 e. The van der Waals surface area contributed by atoms with Crippen molar-refractivity contribution in [1.29, 1.82) is 0 Å². The third-order valence-corrected chi connectivity index (χ3v) is 7.56. The first-order valence-electron chi connectivity index (χ1n) is 10.5. The summed E-state index contributed by atoms with van der Waals surface area (Å²) in [5, 5.41) is 6.64. The zero-order valence-electron chi connectivity index (χ0n) is 17.3. The molecule has 2 aliphatic rings. The number of rotatable bonds is 5. The zero-order chi connectivity index (χ0) is 21.3. The fourth-order valence-corrected chi connectivity index (χ4v) is 4.87. The first-order valence-corrected chi connectivity index (χ1v) is 12.1. The highest BCUT2D eigenvalue weighted by atomic mass is 79.9. The maximum Gasteiger partial charge on any atom is 0.287 e. The number of hydrogen-bond acceptors (Lipinski definition) is 6. The lowest BCUT2D eigenvalue weighted by Crippen LogP contribution is -2.40. The highest BCUT2D eigenvalue weighted by molar-refractivity contribution is 9.13. The number of carbonyl (C=O) groups excluding carboxylic acids is 1. The van der Waals surface area contributed by atoms with Crippen molar-refractivity contribution in [2.75, 3.05) is 24.3 Å². The summed E-state index contributed by atoms with van der Waals surface area (Å²) >= 11 is 6.61. The van der Waals surface area contributed by atoms with Crippen LogP contribution in [0.25, 0.3) is 0 Å². The minimum absolute atomic E-state index is 0.153. The Morgan fingerprint density at radius 2 is 1.80 bits per heavy atom. The average molecular weight is 541 g/mol. The van der Waals surface area contributed by atoms with E-state index in [4.69, 9.17) is 14.4 Å². The number of aromatic nitrogens is 2. The predicted molar refractivity (Wildman–Crippen MR) is 124 cm³/mol. The van der Waals surface area contributed by atoms with Crippen LogP contribution >= 0.6 is 31.9 Å². The Labute approximate surface area is 193 Å². The molecule has 9 heteroatoms. The van der Waals surface area contributed by atoms with Crippen molar-refractivity contribution in [2.45, 2.75) is 63.5 Å². The van der Waals surface area contributed by atoms with Gasteiger partial charge in [-0.1, -0.05) is 0 Å². The first kappa shape index (κ1) is 21.6. The molecule has 1 fully saturated rings. The fourth-order valence-electron chi connectivity index (χ4n) is 4.29. The largest absolute Gasteiger partial charge is 0.443 e. The van der Waals surface area contributed by atoms with Crippen molar-refractivity contribution < 1.29 is 9.21 Å². The highest BCUT2D eigenvalue weighted by Gasteiger charge is 2.26. The lowest BCUT2D eigenvalue weighted by atomic mass is 9.91. The summed E-state index contributed by atoms with van der Waals surface area (Å²) in [4.78, 5) is 24.1. The molecule has 2 N–H and O–H groups in total. The molecule has 0 aromatic carbocycles. The van der Waals surface area contributed by atoms with Crippen LogP contribution in [-0.4, -0.2) is 42.1 Å². The van der Waals surface area contributed by atoms with E-state index in [9.17, 15) is 4.79 Å². The second-order valence-corrected chi connectivity index (χ2v) is 9.87. The van der Waals surface area contributed by atoms with Crippen molar-refractivity contribution in [3.8, 4) is 0 Å². The number of anilines is 2. The molecule has 0 unspecified atom stereocenters. The van der Waals surface area contributed by atoms with Gasteiger partial charge in [0.15, 0.2) is 10.4 Å². The molecule has 1 saturated carbocycles. The van der Waals surface area contributed by atoms with E-state index in [0.29, 0.717) is 16.5 Å². The van der Waals surface area contributed by atoms with Gasteiger partial charge in [-0.15, -0.1) is 0 Å². The molecule has 0 saturated heterocycles. The minimum atomic E-state index is -0.175. The van der Waals surface area contributed by atoms with Crippen LogP contribution < -0.4 is 15.5 Å². The molecule has 0 atom stereocenters. The Morgan fingerprint density at radius 1 is 1.10 bits per heavy atom. The van der Waals surface area contributed by atoms with Crippen LogP contribution in [0.1, 0.15) is 60.3 Å². The molecule has 0 radical (unpaired) electrons. The fraction of sp³-hybridized carbons (Fsp3) is 0.571. The molecule has 162 valence electrons. The maximum absolute atomic E-state index is 12.4. The Kier molecular flexibility index (Phi) is 6.67. The van der Waals surface area contributed by atoms with Crippen LogP contribution in [0.2, 0.25) is 0 Å². The lowest BCUT2D eigenvalue weighted by molar-refractivity contribution is 0.0897. The highest BCUT2D eigenvalue weighted by Crippen LogP contribution is 2.30. The molecule has 0 spiro atoms. The van der Waals surface area contributed by atoms with Crippen LogP contribution in [0, 0.1) is 0 Å². The molecular weight excluding hydrogens is 514 g/mol. The molecule has 0 aliphatic heterocycles. The summed E-state index contributed by atoms with van der Waals surface area (Å²) in [7, 11) is 4.09. The molecule has 1 amide bonds. The molecule has 2 aromatic rings. The van der Waals surface area contributed by atoms with E-state index in [-0.39, 0.29) is 11.9 Å². The number of hydrogen-bond donors (Lipinski definition) is 2. The summed E-state index contributed by atoms with van der Waals surface area (Å²) < 4.78 is 6.69. The van der Waals surface area contributed by atoms with Gasteiger partial charge in [0.05, 0.1) is 10.2 Å². The van der Waals surface area contributed by atoms with Crippen LogP contribution in [0.4, 0.5) is 11.8 Å². The van der Waals surface area contributed by atoms with Gasteiger partial charge in [0.25, 0.3) is 5.91 Å². The van der Waals surface area contributed by atoms with Gasteiger partial charge in [-0.3, -0.25) is 4.79 Å². The third-order valence-electron chi connectivity index (χ3n) is 5.85. The van der Waals surface area contributed by atoms with Crippen molar-refractivity contribution in [1.82, 2.24) is 15.3 Å². The number of nitrogens with zero attached hydrogens (tertiary/aromatic N) is 3. The van der Waals surface area contributed by atoms with E-state index in [2.05, 4.69) is 47.4 Å². The summed E-state index contributed by atoms with van der Waals surface area (Å²) in [6.45, 7) is 0. The van der Waals surface area contributed by atoms with Crippen LogP contribution in [0.5, 0.6) is 0 Å². The first-order chi connectivity index (χ1) is 14.4. The predicted octanol–water partition coefficient (Wildman–Crippen LogP) is 4.69. The Hall–Kier alpha value is -1.61. The molecule has 4 rings (SSSR count). The summed E-state index contributed by atoms with van der Waals surface area (Å²) in [6, 6.07) is 2.16. The quantitative estimate of drug-likeness (QED) is 0.572. The van der Waals surface area contributed by atoms with Gasteiger partial charge in [0.2, 0.25) is 5.95 Å². The second-order valence-electron chi connectivity index (χ2n) is 8.30. The van der Waals surface area contributed by atoms with Crippen LogP contribution in [0.3, 0.4) is 0 Å². The molecule has 7 nitrogen and oxygen atoms in total. The normalized spacial score (nSPS) is 21.1. The van der Waals surface area contributed by atoms with Gasteiger partial charge < -0.3 is 20.0 Å². The van der Waals surface area contributed by atoms with Crippen LogP contribution in [-0.2, 0) is 12.8 Å². The van der Waals surface area contributed by atoms with Gasteiger partial charge in [0, 0.05) is 37.8 Å². The number of amides is 1. The number of aryl methyl sites for hydroxylation is 1. The van der Waals surface area contributed by atoms with Gasteiger partial charge in [-0.25, -0.2) is 4.98 Å². The van der Waals surface area contributed by atoms with E-state index in [1.54, 1.807) is 6.07 Å². The lowest BCUT2D eigenvalue weighted by Gasteiger charge is -2.30. The van der Waals surface area contributed by atoms with Crippen molar-refractivity contribution in [3.05, 3.63) is 32.2 Å². The van der Waals surface area contributed by atoms with E-state index >= 15 is 0 Å². The number of fused-ring (bicyclic) bond motifs is 1. The number of carbonyl (C=O) groups is 1. The molecule has 0 bridgehead atoms. The number of halogens is 2. The van der Waals surface area contributed by atoms with Crippen molar-refractivity contribution >= 4 is 49.5 Å². The van der Waals surface area contributed by atoms with E-state index < -0.39 is 0 Å². The summed E-state index contributed by atoms with van der Waals surface area (Å²) in [6.07, 6.45) is 8.27. The molecular formula is C21H27Br2N5O2. The molecule has 2 heterocycles. The van der Waals surface area contributed by atoms with Gasteiger partial charge in [0.1, 0.15) is 5.82 Å². The average Bonchev–Trinajstić information content (AvgIpc) is 3.07. The Bertz CT molecular complexity index is 903. The Morgan fingerprint density at radius 3 is 2.47 bits per heavy atom. The van der Waals surface area contributed by atoms with Gasteiger partial charge in [-0.2, -0.15) is 4.98 Å². The Balaban J connectivity index is 1.35. The van der Waals surface area contributed by atoms with Crippen molar-refractivity contribution in [2.24, 2.45) is 0 Å². The van der Waals surface area contributed by atoms with Gasteiger partial charge >= 0.3 is 0 Å². The minimum Gasteiger partial charge on any atom is -0.443 e. The standard InChI is InChI=1S/C21H27Br2N5O2/c1-28(2)19-14-5-3-4-6-16(14)26-21(27-19)25-13-9-7-12(8-10-13)24-20(29)17-11-15(22)18(23)30-17/h11-13H,3-10H2,1-2H3,(H,24,29)(H,25,26,27). The monoisotopic (exact) mass is 539 g/mol. The van der Waals surface area contributed by atoms with Crippen molar-refractivity contribution in [3.63, 3.8) is 0 Å². The van der Waals surface area contributed by atoms with E-state index in [0.717, 1.165) is 54.8 Å². The second kappa shape index (κ2) is 9.26. The summed E-state index contributed by atoms with van der Waals surface area (Å²) in [5.41, 5.74) is 2.50. The molecule has 30 heavy (non-hydrogen) atoms. The molecule has 2 aromatic heterocycles. The molecule has 2 aliphatic carbocycles.